The molecular formula is C50H76O21. The lowest BCUT2D eigenvalue weighted by atomic mass is 9.33. The number of ether oxygens (including phenoxy) is 7. The van der Waals surface area contributed by atoms with Crippen molar-refractivity contribution < 1.29 is 103 Å². The number of allylic oxidation sites excluding steroid dienone is 2. The van der Waals surface area contributed by atoms with Crippen molar-refractivity contribution in [3.8, 4) is 0 Å². The third kappa shape index (κ3) is 8.77. The first kappa shape index (κ1) is 54.4. The number of hydrogen-bond donors (Lipinski definition) is 10. The molecule has 21 nitrogen and oxygen atoms in total. The van der Waals surface area contributed by atoms with Crippen molar-refractivity contribution in [2.75, 3.05) is 0 Å². The molecule has 10 N–H and O–H groups in total. The zero-order valence-electron chi connectivity index (χ0n) is 41.9. The summed E-state index contributed by atoms with van der Waals surface area (Å²) in [6.45, 7) is 17.8. The van der Waals surface area contributed by atoms with Crippen molar-refractivity contribution in [1.82, 2.24) is 0 Å². The highest BCUT2D eigenvalue weighted by Crippen LogP contribution is 2.76. The topological polar surface area (TPSA) is 335 Å². The summed E-state index contributed by atoms with van der Waals surface area (Å²) in [4.78, 5) is 50.3. The van der Waals surface area contributed by atoms with E-state index in [4.69, 9.17) is 33.2 Å². The van der Waals surface area contributed by atoms with Gasteiger partial charge in [0.25, 0.3) is 0 Å². The van der Waals surface area contributed by atoms with Crippen molar-refractivity contribution in [1.29, 1.82) is 0 Å². The van der Waals surface area contributed by atoms with Crippen molar-refractivity contribution in [2.24, 2.45) is 56.2 Å². The Balaban J connectivity index is 1.11. The maximum atomic E-state index is 12.9. The van der Waals surface area contributed by atoms with Crippen LogP contribution in [0.1, 0.15) is 114 Å². The normalized spacial score (nSPS) is 53.5. The highest BCUT2D eigenvalue weighted by Gasteiger charge is 2.71. The Morgan fingerprint density at radius 1 is 0.577 bits per heavy atom. The Hall–Kier alpha value is -2.90. The molecule has 7 fully saturated rings. The number of carboxylic acid groups (broad SMARTS) is 3. The van der Waals surface area contributed by atoms with Crippen LogP contribution in [-0.4, -0.2) is 179 Å². The molecule has 3 aliphatic heterocycles. The van der Waals surface area contributed by atoms with Crippen LogP contribution in [0.2, 0.25) is 0 Å². The van der Waals surface area contributed by atoms with Gasteiger partial charge in [0.05, 0.1) is 17.6 Å². The summed E-state index contributed by atoms with van der Waals surface area (Å²) in [6.07, 6.45) is -20.7. The Morgan fingerprint density at radius 2 is 1.14 bits per heavy atom. The molecular weight excluding hydrogens is 937 g/mol. The Kier molecular flexibility index (Phi) is 14.3. The molecule has 0 aromatic rings. The first-order valence-electron chi connectivity index (χ1n) is 25.1. The van der Waals surface area contributed by atoms with Crippen molar-refractivity contribution in [3.63, 3.8) is 0 Å². The molecule has 5 aliphatic carbocycles. The van der Waals surface area contributed by atoms with Gasteiger partial charge in [0.2, 0.25) is 0 Å². The minimum absolute atomic E-state index is 0.0408. The number of hydrogen-bond acceptors (Lipinski definition) is 18. The van der Waals surface area contributed by atoms with Crippen LogP contribution in [0.3, 0.4) is 0 Å². The fourth-order valence-electron chi connectivity index (χ4n) is 15.6. The number of rotatable bonds is 10. The van der Waals surface area contributed by atoms with Crippen LogP contribution in [0.5, 0.6) is 0 Å². The molecule has 8 aliphatic rings. The summed E-state index contributed by atoms with van der Waals surface area (Å²) in [6, 6.07) is 0. The molecule has 8 rings (SSSR count). The monoisotopic (exact) mass is 1010 g/mol. The average molecular weight is 1010 g/mol. The second kappa shape index (κ2) is 18.7. The lowest BCUT2D eigenvalue weighted by molar-refractivity contribution is -0.391. The number of carbonyl (C=O) groups excluding carboxylic acids is 1. The van der Waals surface area contributed by atoms with Crippen molar-refractivity contribution in [3.05, 3.63) is 12.2 Å². The lowest BCUT2D eigenvalue weighted by Gasteiger charge is -2.72. The molecule has 71 heavy (non-hydrogen) atoms. The van der Waals surface area contributed by atoms with Gasteiger partial charge in [-0.15, -0.1) is 0 Å². The van der Waals surface area contributed by atoms with E-state index in [1.54, 1.807) is 6.92 Å². The zero-order chi connectivity index (χ0) is 52.5. The maximum absolute atomic E-state index is 12.9. The predicted octanol–water partition coefficient (Wildman–Crippen LogP) is 1.32. The highest BCUT2D eigenvalue weighted by atomic mass is 16.8. The molecule has 0 unspecified atom stereocenters. The minimum atomic E-state index is -2.17. The summed E-state index contributed by atoms with van der Waals surface area (Å²) in [7, 11) is 0. The largest absolute Gasteiger partial charge is 0.481 e. The maximum Gasteiger partial charge on any atom is 0.335 e. The van der Waals surface area contributed by atoms with Crippen LogP contribution in [0.25, 0.3) is 0 Å². The average Bonchev–Trinajstić information content (AvgIpc) is 3.26. The van der Waals surface area contributed by atoms with Crippen LogP contribution in [0, 0.1) is 56.2 Å². The molecule has 402 valence electrons. The SMILES string of the molecule is CC(=O)O[C@@H]1C[C@](C)(C(=O)O)C[C@@H]2[C@@H]3C=C[C@@H]4[C@@]5(C)C[C@H](O[C@@H]6O[C@H](C(=O)O)[C@@H](O)[C@H](O)[C@H]6O[C@@H]6O[C@H](C(=O)O)[C@@H](O)[C@H](O)[C@H]6O[C@@H]6O[C@@H](C)[C@H](O)[C@@H](O)[C@H]6O)CC(C)(C)[C@H]5CC[C@@]4(C)[C@]3(C)CC[C@]21C. The van der Waals surface area contributed by atoms with Crippen LogP contribution >= 0.6 is 0 Å². The number of aliphatic carboxylic acids is 3. The molecule has 3 heterocycles. The van der Waals surface area contributed by atoms with E-state index in [-0.39, 0.29) is 40.9 Å². The Morgan fingerprint density at radius 3 is 1.69 bits per heavy atom. The third-order valence-corrected chi connectivity index (χ3v) is 19.7. The van der Waals surface area contributed by atoms with E-state index in [1.807, 2.05) is 0 Å². The molecule has 0 amide bonds. The van der Waals surface area contributed by atoms with Gasteiger partial charge in [0.1, 0.15) is 61.0 Å². The van der Waals surface area contributed by atoms with E-state index in [0.29, 0.717) is 19.3 Å². The summed E-state index contributed by atoms with van der Waals surface area (Å²) in [5, 5.41) is 107. The van der Waals surface area contributed by atoms with Gasteiger partial charge < -0.3 is 84.2 Å². The second-order valence-corrected chi connectivity index (χ2v) is 24.3. The highest BCUT2D eigenvalue weighted by molar-refractivity contribution is 5.75. The van der Waals surface area contributed by atoms with Gasteiger partial charge in [-0.2, -0.15) is 0 Å². The van der Waals surface area contributed by atoms with E-state index < -0.39 is 150 Å². The van der Waals surface area contributed by atoms with Gasteiger partial charge >= 0.3 is 23.9 Å². The first-order chi connectivity index (χ1) is 32.8. The van der Waals surface area contributed by atoms with Gasteiger partial charge in [-0.05, 0) is 104 Å². The summed E-state index contributed by atoms with van der Waals surface area (Å²) < 4.78 is 41.9. The lowest BCUT2D eigenvalue weighted by Crippen LogP contribution is -2.68. The van der Waals surface area contributed by atoms with E-state index in [0.717, 1.165) is 25.7 Å². The number of carbonyl (C=O) groups is 4. The van der Waals surface area contributed by atoms with Gasteiger partial charge in [0.15, 0.2) is 31.1 Å². The van der Waals surface area contributed by atoms with E-state index >= 15 is 0 Å². The van der Waals surface area contributed by atoms with Gasteiger partial charge in [-0.3, -0.25) is 9.59 Å². The van der Waals surface area contributed by atoms with Crippen molar-refractivity contribution in [2.45, 2.75) is 218 Å². The summed E-state index contributed by atoms with van der Waals surface area (Å²) in [5.74, 6) is -4.79. The zero-order valence-corrected chi connectivity index (χ0v) is 41.9. The second-order valence-electron chi connectivity index (χ2n) is 24.3. The number of aliphatic hydroxyl groups excluding tert-OH is 7. The van der Waals surface area contributed by atoms with Crippen LogP contribution in [-0.2, 0) is 52.3 Å². The Labute approximate surface area is 412 Å². The fraction of sp³-hybridized carbons (Fsp3) is 0.880. The molecule has 0 aromatic carbocycles. The van der Waals surface area contributed by atoms with Gasteiger partial charge in [0, 0.05) is 18.8 Å². The summed E-state index contributed by atoms with van der Waals surface area (Å²) in [5.41, 5.74) is -3.12. The fourth-order valence-corrected chi connectivity index (χ4v) is 15.6. The van der Waals surface area contributed by atoms with Gasteiger partial charge in [-0.1, -0.05) is 53.7 Å². The quantitative estimate of drug-likeness (QED) is 0.0838. The molecule has 26 atom stereocenters. The third-order valence-electron chi connectivity index (χ3n) is 19.7. The number of carboxylic acids is 3. The Bertz CT molecular complexity index is 2090. The van der Waals surface area contributed by atoms with Crippen LogP contribution < -0.4 is 0 Å². The van der Waals surface area contributed by atoms with Crippen LogP contribution in [0.15, 0.2) is 12.2 Å². The predicted molar refractivity (Wildman–Crippen MR) is 241 cm³/mol. The molecule has 0 bridgehead atoms. The summed E-state index contributed by atoms with van der Waals surface area (Å²) >= 11 is 0. The van der Waals surface area contributed by atoms with Crippen molar-refractivity contribution >= 4 is 23.9 Å². The standard InChI is InChI=1S/C50H76O21/c1-20-28(52)29(53)34(58)41(65-20)70-38-33(57)31(55)36(40(61)62)69-43(38)71-37-32(56)30(54)35(39(59)60)68-42(37)67-22-16-45(3,4)25-12-13-50(9)26(48(25,7)17-22)11-10-23-24-18-46(5,44(63)64)19-27(66-21(2)51)47(24,6)14-15-49(23,50)8/h10-11,20,22-38,41-43,52-58H,12-19H2,1-9H3,(H,59,60)(H,61,62)(H,63,64)/t20-,22+,23-,24+,25+,26+,27+,28-,29+,30-,31-,32-,33-,34+,35-,36-,37+,38+,41-,42+,43-,46+,47+,48-,49+,50+/m0/s1. The van der Waals surface area contributed by atoms with Gasteiger partial charge in [-0.25, -0.2) is 9.59 Å². The molecule has 4 saturated carbocycles. The van der Waals surface area contributed by atoms with E-state index in [1.165, 1.54) is 13.8 Å². The number of aliphatic hydroxyl groups is 7. The number of fused-ring (bicyclic) bond motifs is 7. The smallest absolute Gasteiger partial charge is 0.335 e. The molecule has 0 aromatic heterocycles. The van der Waals surface area contributed by atoms with E-state index in [9.17, 15) is 70.2 Å². The first-order valence-corrected chi connectivity index (χ1v) is 25.1. The number of esters is 1. The molecule has 3 saturated heterocycles. The molecule has 21 heteroatoms. The molecule has 0 radical (unpaired) electrons. The minimum Gasteiger partial charge on any atom is -0.481 e. The van der Waals surface area contributed by atoms with Crippen LogP contribution in [0.4, 0.5) is 0 Å². The molecule has 0 spiro atoms. The van der Waals surface area contributed by atoms with E-state index in [2.05, 4.69) is 53.7 Å².